The van der Waals surface area contributed by atoms with Crippen LogP contribution in [0.25, 0.3) is 0 Å². The first-order valence-electron chi connectivity index (χ1n) is 6.21. The van der Waals surface area contributed by atoms with Gasteiger partial charge in [0.05, 0.1) is 15.5 Å². The van der Waals surface area contributed by atoms with E-state index in [9.17, 15) is 13.2 Å². The molecule has 112 valence electrons. The van der Waals surface area contributed by atoms with Crippen molar-refractivity contribution in [2.75, 3.05) is 0 Å². The molecule has 1 rings (SSSR count). The summed E-state index contributed by atoms with van der Waals surface area (Å²) >= 11 is 5.95. The summed E-state index contributed by atoms with van der Waals surface area (Å²) < 4.78 is 22.6. The molecule has 0 aliphatic carbocycles. The minimum Gasteiger partial charge on any atom is -0.349 e. The molecule has 0 bridgehead atoms. The average molecular weight is 338 g/mol. The summed E-state index contributed by atoms with van der Waals surface area (Å²) in [5.41, 5.74) is 0.104. The lowest BCUT2D eigenvalue weighted by atomic mass is 10.0. The smallest absolute Gasteiger partial charge is 0.261 e. The van der Waals surface area contributed by atoms with Gasteiger partial charge in [-0.25, -0.2) is 8.42 Å². The predicted molar refractivity (Wildman–Crippen MR) is 80.9 cm³/mol. The summed E-state index contributed by atoms with van der Waals surface area (Å²) in [5.74, 6) is -0.139. The van der Waals surface area contributed by atoms with Gasteiger partial charge in [-0.3, -0.25) is 4.79 Å². The largest absolute Gasteiger partial charge is 0.349 e. The van der Waals surface area contributed by atoms with Crippen LogP contribution in [0.2, 0.25) is 5.02 Å². The summed E-state index contributed by atoms with van der Waals surface area (Å²) in [6.45, 7) is 5.96. The Balaban J connectivity index is 3.10. The van der Waals surface area contributed by atoms with Crippen molar-refractivity contribution in [2.45, 2.75) is 38.1 Å². The normalized spacial score (nSPS) is 13.3. The molecule has 20 heavy (non-hydrogen) atoms. The fourth-order valence-electron chi connectivity index (χ4n) is 1.82. The molecular weight excluding hydrogens is 321 g/mol. The van der Waals surface area contributed by atoms with Crippen molar-refractivity contribution >= 4 is 37.2 Å². The van der Waals surface area contributed by atoms with Crippen LogP contribution in [0.4, 0.5) is 0 Å². The average Bonchev–Trinajstić information content (AvgIpc) is 2.34. The summed E-state index contributed by atoms with van der Waals surface area (Å²) in [6.07, 6.45) is 0.772. The minimum absolute atomic E-state index is 0.00479. The summed E-state index contributed by atoms with van der Waals surface area (Å²) in [5, 5.41) is 3.03. The van der Waals surface area contributed by atoms with E-state index >= 15 is 0 Å². The molecule has 0 fully saturated rings. The van der Waals surface area contributed by atoms with Gasteiger partial charge < -0.3 is 5.32 Å². The number of amides is 1. The summed E-state index contributed by atoms with van der Waals surface area (Å²) in [6, 6.07) is 3.80. The van der Waals surface area contributed by atoms with Gasteiger partial charge in [0.15, 0.2) is 0 Å². The molecule has 0 aromatic heterocycles. The number of hydrogen-bond donors (Lipinski definition) is 1. The second kappa shape index (κ2) is 6.78. The zero-order chi connectivity index (χ0) is 15.5. The van der Waals surface area contributed by atoms with Crippen molar-refractivity contribution in [3.05, 3.63) is 28.8 Å². The third-order valence-electron chi connectivity index (χ3n) is 3.03. The maximum absolute atomic E-state index is 12.2. The third-order valence-corrected chi connectivity index (χ3v) is 4.71. The number of carbonyl (C=O) groups excluding carboxylic acids is 1. The van der Waals surface area contributed by atoms with Crippen molar-refractivity contribution in [3.8, 4) is 0 Å². The number of carbonyl (C=O) groups is 1. The Labute approximate surface area is 128 Å². The molecule has 1 aromatic rings. The van der Waals surface area contributed by atoms with E-state index in [-0.39, 0.29) is 27.4 Å². The second-order valence-electron chi connectivity index (χ2n) is 4.81. The standard InChI is InChI=1S/C13H17Cl2NO3S/c1-4-12(8(2)3)16-13(17)10-7-9(20(15,18)19)5-6-11(10)14/h5-8,12H,4H2,1-3H3,(H,16,17). The first kappa shape index (κ1) is 17.3. The molecule has 4 nitrogen and oxygen atoms in total. The van der Waals surface area contributed by atoms with Crippen LogP contribution < -0.4 is 5.32 Å². The SMILES string of the molecule is CCC(NC(=O)c1cc(S(=O)(=O)Cl)ccc1Cl)C(C)C. The number of hydrogen-bond acceptors (Lipinski definition) is 3. The van der Waals surface area contributed by atoms with E-state index in [0.29, 0.717) is 0 Å². The van der Waals surface area contributed by atoms with Crippen LogP contribution in [0.15, 0.2) is 23.1 Å². The van der Waals surface area contributed by atoms with Crippen LogP contribution in [0.5, 0.6) is 0 Å². The number of benzene rings is 1. The van der Waals surface area contributed by atoms with E-state index in [2.05, 4.69) is 5.32 Å². The molecule has 1 amide bonds. The number of nitrogens with one attached hydrogen (secondary N) is 1. The molecule has 7 heteroatoms. The molecule has 1 atom stereocenters. The van der Waals surface area contributed by atoms with Crippen molar-refractivity contribution < 1.29 is 13.2 Å². The van der Waals surface area contributed by atoms with E-state index in [1.807, 2.05) is 20.8 Å². The highest BCUT2D eigenvalue weighted by molar-refractivity contribution is 8.13. The highest BCUT2D eigenvalue weighted by Crippen LogP contribution is 2.23. The van der Waals surface area contributed by atoms with Crippen LogP contribution >= 0.6 is 22.3 Å². The molecule has 0 radical (unpaired) electrons. The van der Waals surface area contributed by atoms with E-state index in [1.54, 1.807) is 0 Å². The zero-order valence-corrected chi connectivity index (χ0v) is 13.8. The molecule has 0 spiro atoms. The van der Waals surface area contributed by atoms with Crippen LogP contribution in [0, 0.1) is 5.92 Å². The summed E-state index contributed by atoms with van der Waals surface area (Å²) in [4.78, 5) is 12.0. The van der Waals surface area contributed by atoms with Crippen molar-refractivity contribution in [3.63, 3.8) is 0 Å². The van der Waals surface area contributed by atoms with Crippen LogP contribution in [-0.2, 0) is 9.05 Å². The van der Waals surface area contributed by atoms with Gasteiger partial charge in [0, 0.05) is 16.7 Å². The monoisotopic (exact) mass is 337 g/mol. The summed E-state index contributed by atoms with van der Waals surface area (Å²) in [7, 11) is 1.38. The fourth-order valence-corrected chi connectivity index (χ4v) is 2.80. The van der Waals surface area contributed by atoms with Gasteiger partial charge in [0.25, 0.3) is 15.0 Å². The Morgan fingerprint density at radius 1 is 1.35 bits per heavy atom. The molecule has 0 aliphatic rings. The molecular formula is C13H17Cl2NO3S. The lowest BCUT2D eigenvalue weighted by Gasteiger charge is -2.21. The number of rotatable bonds is 5. The Bertz CT molecular complexity index is 600. The zero-order valence-electron chi connectivity index (χ0n) is 11.5. The lowest BCUT2D eigenvalue weighted by Crippen LogP contribution is -2.38. The maximum atomic E-state index is 12.2. The topological polar surface area (TPSA) is 63.2 Å². The Hall–Kier alpha value is -0.780. The first-order valence-corrected chi connectivity index (χ1v) is 8.90. The second-order valence-corrected chi connectivity index (χ2v) is 7.78. The lowest BCUT2D eigenvalue weighted by molar-refractivity contribution is 0.0924. The van der Waals surface area contributed by atoms with E-state index < -0.39 is 15.0 Å². The Morgan fingerprint density at radius 3 is 2.40 bits per heavy atom. The first-order chi connectivity index (χ1) is 9.16. The van der Waals surface area contributed by atoms with Crippen LogP contribution in [0.3, 0.4) is 0 Å². The molecule has 0 aliphatic heterocycles. The van der Waals surface area contributed by atoms with Crippen molar-refractivity contribution in [2.24, 2.45) is 5.92 Å². The van der Waals surface area contributed by atoms with Crippen LogP contribution in [-0.4, -0.2) is 20.4 Å². The van der Waals surface area contributed by atoms with Gasteiger partial charge in [-0.05, 0) is 30.5 Å². The molecule has 1 unspecified atom stereocenters. The van der Waals surface area contributed by atoms with E-state index in [1.165, 1.54) is 18.2 Å². The number of halogens is 2. The minimum atomic E-state index is -3.89. The molecule has 1 aromatic carbocycles. The van der Waals surface area contributed by atoms with Gasteiger partial charge >= 0.3 is 0 Å². The highest BCUT2D eigenvalue weighted by atomic mass is 35.7. The predicted octanol–water partition coefficient (Wildman–Crippen LogP) is 3.43. The van der Waals surface area contributed by atoms with Gasteiger partial charge in [0.2, 0.25) is 0 Å². The quantitative estimate of drug-likeness (QED) is 0.837. The third kappa shape index (κ3) is 4.36. The van der Waals surface area contributed by atoms with Gasteiger partial charge in [-0.1, -0.05) is 32.4 Å². The van der Waals surface area contributed by atoms with E-state index in [0.717, 1.165) is 6.42 Å². The molecule has 1 N–H and O–H groups in total. The van der Waals surface area contributed by atoms with Gasteiger partial charge in [-0.15, -0.1) is 0 Å². The molecule has 0 saturated heterocycles. The highest BCUT2D eigenvalue weighted by Gasteiger charge is 2.20. The maximum Gasteiger partial charge on any atom is 0.261 e. The fraction of sp³-hybridized carbons (Fsp3) is 0.462. The van der Waals surface area contributed by atoms with E-state index in [4.69, 9.17) is 22.3 Å². The Morgan fingerprint density at radius 2 is 1.95 bits per heavy atom. The van der Waals surface area contributed by atoms with Gasteiger partial charge in [-0.2, -0.15) is 0 Å². The van der Waals surface area contributed by atoms with Crippen molar-refractivity contribution in [1.29, 1.82) is 0 Å². The molecule has 0 heterocycles. The van der Waals surface area contributed by atoms with Crippen molar-refractivity contribution in [1.82, 2.24) is 5.32 Å². The molecule has 0 saturated carbocycles. The van der Waals surface area contributed by atoms with Crippen LogP contribution in [0.1, 0.15) is 37.6 Å². The Kier molecular flexibility index (Phi) is 5.86. The van der Waals surface area contributed by atoms with Gasteiger partial charge in [0.1, 0.15) is 0 Å².